The number of rotatable bonds is 4. The Bertz CT molecular complexity index is 465. The van der Waals surface area contributed by atoms with Gasteiger partial charge in [0.1, 0.15) is 0 Å². The Morgan fingerprint density at radius 1 is 0.429 bits per heavy atom. The van der Waals surface area contributed by atoms with Gasteiger partial charge in [0, 0.05) is 0 Å². The molecule has 0 amide bonds. The molecule has 0 heterocycles. The third-order valence-corrected chi connectivity index (χ3v) is 2.82. The van der Waals surface area contributed by atoms with Gasteiger partial charge in [0.05, 0.1) is 0 Å². The minimum atomic E-state index is 0. The van der Waals surface area contributed by atoms with Crippen LogP contribution in [0.5, 0.6) is 0 Å². The molecule has 0 aliphatic heterocycles. The maximum Gasteiger partial charge on any atom is -0.0262 e. The Morgan fingerprint density at radius 3 is 0.667 bits per heavy atom. The van der Waals surface area contributed by atoms with Gasteiger partial charge >= 0.3 is 0 Å². The summed E-state index contributed by atoms with van der Waals surface area (Å²) in [6.07, 6.45) is 7.31. The zero-order valence-corrected chi connectivity index (χ0v) is 12.3. The summed E-state index contributed by atoms with van der Waals surface area (Å²) in [6.45, 7) is 14.6. The minimum Gasteiger partial charge on any atom is -0.412 e. The molecule has 0 fully saturated rings. The van der Waals surface area contributed by atoms with Crippen molar-refractivity contribution >= 4 is 24.3 Å². The maximum absolute atomic E-state index is 3.66. The Balaban J connectivity index is 0.000000364. The van der Waals surface area contributed by atoms with E-state index in [1.54, 1.807) is 0 Å². The molecule has 0 saturated heterocycles. The molecule has 1 heteroatoms. The van der Waals surface area contributed by atoms with Gasteiger partial charge in [-0.15, -0.1) is 0 Å². The van der Waals surface area contributed by atoms with Gasteiger partial charge in [-0.05, 0) is 22.3 Å². The zero-order chi connectivity index (χ0) is 14.8. The van der Waals surface area contributed by atoms with Crippen LogP contribution in [0.1, 0.15) is 22.3 Å². The lowest BCUT2D eigenvalue weighted by molar-refractivity contribution is 0.824. The fourth-order valence-corrected chi connectivity index (χ4v) is 1.54. The molecule has 0 bridgehead atoms. The van der Waals surface area contributed by atoms with E-state index in [9.17, 15) is 0 Å². The van der Waals surface area contributed by atoms with Crippen LogP contribution in [-0.4, -0.2) is 5.48 Å². The van der Waals surface area contributed by atoms with Crippen molar-refractivity contribution in [2.45, 2.75) is 0 Å². The standard InChI is InChI=1S/2C10H10.H2O/c2*1-3-9-5-7-10(4-2)8-6-9;/h2*3-8H,1-2H2;1H2. The fourth-order valence-electron chi connectivity index (χ4n) is 1.54. The highest BCUT2D eigenvalue weighted by Crippen LogP contribution is 2.06. The van der Waals surface area contributed by atoms with Crippen LogP contribution in [0.3, 0.4) is 0 Å². The van der Waals surface area contributed by atoms with Gasteiger partial charge in [0.15, 0.2) is 0 Å². The van der Waals surface area contributed by atoms with Crippen LogP contribution in [0.25, 0.3) is 24.3 Å². The molecule has 108 valence electrons. The summed E-state index contributed by atoms with van der Waals surface area (Å²) in [7, 11) is 0. The molecule has 0 aliphatic rings. The lowest BCUT2D eigenvalue weighted by Crippen LogP contribution is -1.71. The van der Waals surface area contributed by atoms with E-state index >= 15 is 0 Å². The Hall–Kier alpha value is -2.64. The van der Waals surface area contributed by atoms with Crippen LogP contribution in [-0.2, 0) is 0 Å². The molecular formula is C20H22O. The minimum absolute atomic E-state index is 0. The number of hydrogen-bond acceptors (Lipinski definition) is 0. The second kappa shape index (κ2) is 10.2. The summed E-state index contributed by atoms with van der Waals surface area (Å²) in [5.41, 5.74) is 4.58. The molecule has 0 spiro atoms. The van der Waals surface area contributed by atoms with Crippen molar-refractivity contribution in [2.24, 2.45) is 0 Å². The van der Waals surface area contributed by atoms with Crippen LogP contribution in [0.2, 0.25) is 0 Å². The van der Waals surface area contributed by atoms with Crippen LogP contribution >= 0.6 is 0 Å². The lowest BCUT2D eigenvalue weighted by atomic mass is 10.1. The summed E-state index contributed by atoms with van der Waals surface area (Å²) in [4.78, 5) is 0. The predicted molar refractivity (Wildman–Crippen MR) is 96.9 cm³/mol. The first-order valence-electron chi connectivity index (χ1n) is 6.43. The molecule has 2 rings (SSSR count). The maximum atomic E-state index is 3.66. The Kier molecular flexibility index (Phi) is 8.90. The first-order valence-corrected chi connectivity index (χ1v) is 6.43. The summed E-state index contributed by atoms with van der Waals surface area (Å²) >= 11 is 0. The van der Waals surface area contributed by atoms with Gasteiger partial charge in [-0.1, -0.05) is 99.2 Å². The third kappa shape index (κ3) is 6.37. The van der Waals surface area contributed by atoms with E-state index in [0.29, 0.717) is 0 Å². The van der Waals surface area contributed by atoms with Gasteiger partial charge in [0.2, 0.25) is 0 Å². The van der Waals surface area contributed by atoms with Crippen molar-refractivity contribution in [3.8, 4) is 0 Å². The van der Waals surface area contributed by atoms with Gasteiger partial charge in [-0.25, -0.2) is 0 Å². The second-order valence-corrected chi connectivity index (χ2v) is 4.15. The average molecular weight is 278 g/mol. The predicted octanol–water partition coefficient (Wildman–Crippen LogP) is 5.12. The Morgan fingerprint density at radius 2 is 0.571 bits per heavy atom. The average Bonchev–Trinajstić information content (AvgIpc) is 2.55. The smallest absolute Gasteiger partial charge is 0.0262 e. The first kappa shape index (κ1) is 18.4. The van der Waals surface area contributed by atoms with Crippen LogP contribution in [0.15, 0.2) is 74.8 Å². The number of benzene rings is 2. The van der Waals surface area contributed by atoms with Gasteiger partial charge in [-0.2, -0.15) is 0 Å². The van der Waals surface area contributed by atoms with Gasteiger partial charge in [-0.3, -0.25) is 0 Å². The van der Waals surface area contributed by atoms with Crippen LogP contribution in [0.4, 0.5) is 0 Å². The van der Waals surface area contributed by atoms with Crippen LogP contribution in [0, 0.1) is 0 Å². The monoisotopic (exact) mass is 278 g/mol. The van der Waals surface area contributed by atoms with E-state index in [0.717, 1.165) is 22.3 Å². The highest BCUT2D eigenvalue weighted by atomic mass is 16.0. The molecule has 0 unspecified atom stereocenters. The van der Waals surface area contributed by atoms with E-state index in [2.05, 4.69) is 26.3 Å². The second-order valence-electron chi connectivity index (χ2n) is 4.15. The molecule has 2 aromatic rings. The lowest BCUT2D eigenvalue weighted by Gasteiger charge is -1.92. The SMILES string of the molecule is C=Cc1ccc(C=C)cc1.C=Cc1ccc(C=C)cc1.O. The third-order valence-electron chi connectivity index (χ3n) is 2.82. The molecule has 0 saturated carbocycles. The van der Waals surface area contributed by atoms with Crippen molar-refractivity contribution in [1.82, 2.24) is 0 Å². The highest BCUT2D eigenvalue weighted by Gasteiger charge is 1.85. The van der Waals surface area contributed by atoms with E-state index in [1.807, 2.05) is 72.8 Å². The van der Waals surface area contributed by atoms with E-state index in [4.69, 9.17) is 0 Å². The quantitative estimate of drug-likeness (QED) is 0.743. The molecule has 0 atom stereocenters. The summed E-state index contributed by atoms with van der Waals surface area (Å²) in [5, 5.41) is 0. The van der Waals surface area contributed by atoms with Crippen molar-refractivity contribution in [3.63, 3.8) is 0 Å². The van der Waals surface area contributed by atoms with E-state index in [-0.39, 0.29) is 5.48 Å². The van der Waals surface area contributed by atoms with E-state index in [1.165, 1.54) is 0 Å². The summed E-state index contributed by atoms with van der Waals surface area (Å²) < 4.78 is 0. The number of hydrogen-bond donors (Lipinski definition) is 0. The van der Waals surface area contributed by atoms with Crippen molar-refractivity contribution in [3.05, 3.63) is 97.1 Å². The molecule has 2 N–H and O–H groups in total. The van der Waals surface area contributed by atoms with Crippen molar-refractivity contribution < 1.29 is 5.48 Å². The summed E-state index contributed by atoms with van der Waals surface area (Å²) in [6, 6.07) is 16.1. The van der Waals surface area contributed by atoms with E-state index < -0.39 is 0 Å². The normalized spacial score (nSPS) is 8.38. The fraction of sp³-hybridized carbons (Fsp3) is 0. The van der Waals surface area contributed by atoms with Crippen molar-refractivity contribution in [1.29, 1.82) is 0 Å². The topological polar surface area (TPSA) is 31.5 Å². The molecule has 2 aromatic carbocycles. The summed E-state index contributed by atoms with van der Waals surface area (Å²) in [5.74, 6) is 0. The highest BCUT2D eigenvalue weighted by molar-refractivity contribution is 5.54. The zero-order valence-electron chi connectivity index (χ0n) is 12.3. The largest absolute Gasteiger partial charge is 0.412 e. The molecule has 1 nitrogen and oxygen atoms in total. The van der Waals surface area contributed by atoms with Crippen molar-refractivity contribution in [2.75, 3.05) is 0 Å². The molecule has 21 heavy (non-hydrogen) atoms. The van der Waals surface area contributed by atoms with Gasteiger partial charge in [0.25, 0.3) is 0 Å². The molecular weight excluding hydrogens is 256 g/mol. The molecule has 0 radical (unpaired) electrons. The molecule has 0 aromatic heterocycles. The molecule has 0 aliphatic carbocycles. The Labute approximate surface area is 127 Å². The van der Waals surface area contributed by atoms with Gasteiger partial charge < -0.3 is 5.48 Å². The van der Waals surface area contributed by atoms with Crippen LogP contribution < -0.4 is 0 Å². The first-order chi connectivity index (χ1) is 9.73.